The van der Waals surface area contributed by atoms with E-state index in [0.717, 1.165) is 5.56 Å². The third kappa shape index (κ3) is 2.06. The van der Waals surface area contributed by atoms with E-state index in [1.807, 2.05) is 30.3 Å². The molecule has 1 N–H and O–H groups in total. The number of alkyl halides is 1. The van der Waals surface area contributed by atoms with Crippen LogP contribution in [0.1, 0.15) is 18.4 Å². The van der Waals surface area contributed by atoms with Crippen LogP contribution in [0.5, 0.6) is 0 Å². The summed E-state index contributed by atoms with van der Waals surface area (Å²) in [7, 11) is 0. The molecule has 17 heavy (non-hydrogen) atoms. The van der Waals surface area contributed by atoms with Crippen molar-refractivity contribution in [1.82, 2.24) is 15.5 Å². The first-order valence-corrected chi connectivity index (χ1v) is 5.59. The van der Waals surface area contributed by atoms with E-state index in [1.54, 1.807) is 0 Å². The molecular formula is C12H12FN3O. The minimum Gasteiger partial charge on any atom is -0.337 e. The highest BCUT2D eigenvalue weighted by Gasteiger charge is 2.29. The molecule has 4 nitrogen and oxygen atoms in total. The van der Waals surface area contributed by atoms with Crippen molar-refractivity contribution in [2.45, 2.75) is 18.6 Å². The van der Waals surface area contributed by atoms with Crippen molar-refractivity contribution in [3.05, 3.63) is 36.2 Å². The van der Waals surface area contributed by atoms with Crippen molar-refractivity contribution in [2.75, 3.05) is 6.54 Å². The van der Waals surface area contributed by atoms with Crippen molar-refractivity contribution in [3.8, 4) is 11.4 Å². The molecule has 2 aromatic rings. The van der Waals surface area contributed by atoms with Crippen LogP contribution in [0.15, 0.2) is 34.9 Å². The lowest BCUT2D eigenvalue weighted by molar-refractivity contribution is 0.324. The van der Waals surface area contributed by atoms with Crippen molar-refractivity contribution in [1.29, 1.82) is 0 Å². The number of halogens is 1. The molecule has 1 aliphatic rings. The molecule has 0 unspecified atom stereocenters. The summed E-state index contributed by atoms with van der Waals surface area (Å²) < 4.78 is 18.2. The molecule has 0 bridgehead atoms. The van der Waals surface area contributed by atoms with Gasteiger partial charge in [-0.15, -0.1) is 0 Å². The van der Waals surface area contributed by atoms with Crippen molar-refractivity contribution in [3.63, 3.8) is 0 Å². The largest absolute Gasteiger partial charge is 0.337 e. The number of nitrogens with zero attached hydrogens (tertiary/aromatic N) is 2. The van der Waals surface area contributed by atoms with Crippen molar-refractivity contribution >= 4 is 0 Å². The highest BCUT2D eigenvalue weighted by Crippen LogP contribution is 2.25. The molecule has 1 aromatic heterocycles. The molecule has 1 aromatic carbocycles. The number of hydrogen-bond donors (Lipinski definition) is 1. The molecular weight excluding hydrogens is 221 g/mol. The molecule has 0 spiro atoms. The van der Waals surface area contributed by atoms with E-state index in [1.165, 1.54) is 0 Å². The van der Waals surface area contributed by atoms with Crippen LogP contribution in [0, 0.1) is 0 Å². The molecule has 1 fully saturated rings. The Labute approximate surface area is 97.8 Å². The summed E-state index contributed by atoms with van der Waals surface area (Å²) in [6.07, 6.45) is -0.428. The second-order valence-corrected chi connectivity index (χ2v) is 4.12. The van der Waals surface area contributed by atoms with E-state index in [9.17, 15) is 4.39 Å². The Morgan fingerprint density at radius 1 is 1.29 bits per heavy atom. The number of hydrogen-bond acceptors (Lipinski definition) is 4. The van der Waals surface area contributed by atoms with Gasteiger partial charge in [-0.25, -0.2) is 4.39 Å². The first-order valence-electron chi connectivity index (χ1n) is 5.59. The van der Waals surface area contributed by atoms with Gasteiger partial charge < -0.3 is 9.84 Å². The normalized spacial score (nSPS) is 24.1. The van der Waals surface area contributed by atoms with Gasteiger partial charge in [-0.2, -0.15) is 4.98 Å². The molecule has 5 heteroatoms. The third-order valence-corrected chi connectivity index (χ3v) is 2.85. The lowest BCUT2D eigenvalue weighted by atomic mass is 10.2. The zero-order valence-electron chi connectivity index (χ0n) is 9.14. The molecule has 0 aliphatic carbocycles. The second kappa shape index (κ2) is 4.25. The van der Waals surface area contributed by atoms with Gasteiger partial charge in [0.1, 0.15) is 6.17 Å². The first kappa shape index (κ1) is 10.4. The predicted molar refractivity (Wildman–Crippen MR) is 60.0 cm³/mol. The van der Waals surface area contributed by atoms with Gasteiger partial charge in [0.25, 0.3) is 0 Å². The minimum absolute atomic E-state index is 0.157. The fourth-order valence-corrected chi connectivity index (χ4v) is 1.96. The fourth-order valence-electron chi connectivity index (χ4n) is 1.96. The molecule has 2 atom stereocenters. The summed E-state index contributed by atoms with van der Waals surface area (Å²) >= 11 is 0. The molecule has 1 saturated heterocycles. The fraction of sp³-hybridized carbons (Fsp3) is 0.333. The first-order chi connectivity index (χ1) is 8.33. The van der Waals surface area contributed by atoms with Gasteiger partial charge in [-0.3, -0.25) is 0 Å². The summed E-state index contributed by atoms with van der Waals surface area (Å²) in [6, 6.07) is 9.42. The summed E-state index contributed by atoms with van der Waals surface area (Å²) in [5.74, 6) is 1.01. The van der Waals surface area contributed by atoms with E-state index in [2.05, 4.69) is 15.5 Å². The summed E-state index contributed by atoms with van der Waals surface area (Å²) in [5.41, 5.74) is 0.900. The Kier molecular flexibility index (Phi) is 2.60. The maximum absolute atomic E-state index is 13.0. The average molecular weight is 233 g/mol. The predicted octanol–water partition coefficient (Wildman–Crippen LogP) is 2.11. The van der Waals surface area contributed by atoms with Crippen molar-refractivity contribution in [2.24, 2.45) is 0 Å². The Morgan fingerprint density at radius 3 is 2.82 bits per heavy atom. The number of nitrogens with one attached hydrogen (secondary N) is 1. The van der Waals surface area contributed by atoms with Gasteiger partial charge in [0.15, 0.2) is 0 Å². The standard InChI is InChI=1S/C12H12FN3O/c13-9-6-10(14-7-9)12-15-11(16-17-12)8-4-2-1-3-5-8/h1-5,9-10,14H,6-7H2/t9-,10-/m0/s1. The van der Waals surface area contributed by atoms with Gasteiger partial charge in [-0.05, 0) is 0 Å². The maximum atomic E-state index is 13.0. The minimum atomic E-state index is -0.827. The van der Waals surface area contributed by atoms with Crippen LogP contribution in [0.4, 0.5) is 4.39 Å². The zero-order chi connectivity index (χ0) is 11.7. The molecule has 3 rings (SSSR count). The number of benzene rings is 1. The summed E-state index contributed by atoms with van der Waals surface area (Å²) in [5, 5.41) is 6.92. The third-order valence-electron chi connectivity index (χ3n) is 2.85. The van der Waals surface area contributed by atoms with E-state index in [0.29, 0.717) is 24.7 Å². The van der Waals surface area contributed by atoms with Gasteiger partial charge in [0.2, 0.25) is 11.7 Å². The van der Waals surface area contributed by atoms with Crippen LogP contribution < -0.4 is 5.32 Å². The lowest BCUT2D eigenvalue weighted by Gasteiger charge is -2.01. The van der Waals surface area contributed by atoms with Gasteiger partial charge in [-0.1, -0.05) is 35.5 Å². The second-order valence-electron chi connectivity index (χ2n) is 4.12. The Balaban J connectivity index is 1.84. The van der Waals surface area contributed by atoms with Gasteiger partial charge in [0.05, 0.1) is 6.04 Å². The number of aromatic nitrogens is 2. The van der Waals surface area contributed by atoms with E-state index < -0.39 is 6.17 Å². The Morgan fingerprint density at radius 2 is 2.12 bits per heavy atom. The van der Waals surface area contributed by atoms with Crippen LogP contribution in [-0.4, -0.2) is 22.9 Å². The Hall–Kier alpha value is -1.75. The van der Waals surface area contributed by atoms with Crippen molar-refractivity contribution < 1.29 is 8.91 Å². The number of rotatable bonds is 2. The van der Waals surface area contributed by atoms with Crippen LogP contribution in [-0.2, 0) is 0 Å². The van der Waals surface area contributed by atoms with Crippen LogP contribution in [0.2, 0.25) is 0 Å². The summed E-state index contributed by atoms with van der Waals surface area (Å²) in [4.78, 5) is 4.29. The summed E-state index contributed by atoms with van der Waals surface area (Å²) in [6.45, 7) is 0.355. The molecule has 2 heterocycles. The topological polar surface area (TPSA) is 51.0 Å². The average Bonchev–Trinajstić information content (AvgIpc) is 2.98. The van der Waals surface area contributed by atoms with Crippen LogP contribution >= 0.6 is 0 Å². The van der Waals surface area contributed by atoms with Gasteiger partial charge >= 0.3 is 0 Å². The lowest BCUT2D eigenvalue weighted by Crippen LogP contribution is -2.14. The maximum Gasteiger partial charge on any atom is 0.244 e. The van der Waals surface area contributed by atoms with Crippen LogP contribution in [0.25, 0.3) is 11.4 Å². The monoisotopic (exact) mass is 233 g/mol. The van der Waals surface area contributed by atoms with Crippen LogP contribution in [0.3, 0.4) is 0 Å². The Bertz CT molecular complexity index is 499. The smallest absolute Gasteiger partial charge is 0.244 e. The SMILES string of the molecule is F[C@@H]1CN[C@H](c2nc(-c3ccccc3)no2)C1. The molecule has 0 amide bonds. The van der Waals surface area contributed by atoms with E-state index in [4.69, 9.17) is 4.52 Å². The molecule has 88 valence electrons. The zero-order valence-corrected chi connectivity index (χ0v) is 9.14. The van der Waals surface area contributed by atoms with E-state index >= 15 is 0 Å². The molecule has 0 radical (unpaired) electrons. The van der Waals surface area contributed by atoms with Gasteiger partial charge in [0, 0.05) is 18.5 Å². The quantitative estimate of drug-likeness (QED) is 0.863. The molecule has 1 aliphatic heterocycles. The molecule has 0 saturated carbocycles. The van der Waals surface area contributed by atoms with E-state index in [-0.39, 0.29) is 6.04 Å². The highest BCUT2D eigenvalue weighted by molar-refractivity contribution is 5.53. The highest BCUT2D eigenvalue weighted by atomic mass is 19.1.